The number of piperazine rings is 1. The van der Waals surface area contributed by atoms with Gasteiger partial charge in [-0.15, -0.1) is 0 Å². The fourth-order valence-electron chi connectivity index (χ4n) is 4.78. The highest BCUT2D eigenvalue weighted by molar-refractivity contribution is 5.88. The number of benzene rings is 1. The number of carbonyl (C=O) groups excluding carboxylic acids is 1. The van der Waals surface area contributed by atoms with Crippen molar-refractivity contribution in [1.29, 1.82) is 0 Å². The van der Waals surface area contributed by atoms with E-state index in [1.54, 1.807) is 17.2 Å². The number of nitrogens with zero attached hydrogens (tertiary/aromatic N) is 4. The van der Waals surface area contributed by atoms with Crippen LogP contribution in [0.15, 0.2) is 41.3 Å². The fourth-order valence-corrected chi connectivity index (χ4v) is 4.78. The van der Waals surface area contributed by atoms with E-state index in [0.717, 1.165) is 51.9 Å². The van der Waals surface area contributed by atoms with Gasteiger partial charge in [-0.25, -0.2) is 14.4 Å². The number of carbonyl (C=O) groups is 2. The summed E-state index contributed by atoms with van der Waals surface area (Å²) in [5.74, 6) is 0.238. The Balaban J connectivity index is 1.30. The van der Waals surface area contributed by atoms with Crippen molar-refractivity contribution < 1.29 is 14.7 Å². The van der Waals surface area contributed by atoms with Crippen molar-refractivity contribution in [3.8, 4) is 5.69 Å². The number of aromatic nitrogens is 2. The molecule has 2 atom stereocenters. The molecule has 0 bridgehead atoms. The molecule has 11 heteroatoms. The minimum Gasteiger partial charge on any atom is -0.465 e. The van der Waals surface area contributed by atoms with Gasteiger partial charge in [0.05, 0.1) is 5.69 Å². The van der Waals surface area contributed by atoms with Crippen molar-refractivity contribution in [3.05, 3.63) is 52.6 Å². The third-order valence-electron chi connectivity index (χ3n) is 6.77. The van der Waals surface area contributed by atoms with Crippen LogP contribution in [-0.2, 0) is 6.42 Å². The van der Waals surface area contributed by atoms with Crippen LogP contribution in [0.25, 0.3) is 5.69 Å². The topological polar surface area (TPSA) is 132 Å². The van der Waals surface area contributed by atoms with Crippen molar-refractivity contribution in [1.82, 2.24) is 30.0 Å². The summed E-state index contributed by atoms with van der Waals surface area (Å²) in [5.41, 5.74) is 1.42. The van der Waals surface area contributed by atoms with Crippen molar-refractivity contribution in [3.63, 3.8) is 0 Å². The van der Waals surface area contributed by atoms with E-state index < -0.39 is 11.8 Å². The average Bonchev–Trinajstić information content (AvgIpc) is 3.08. The summed E-state index contributed by atoms with van der Waals surface area (Å²) >= 11 is 0. The van der Waals surface area contributed by atoms with Gasteiger partial charge in [-0.05, 0) is 62.9 Å². The number of anilines is 1. The van der Waals surface area contributed by atoms with E-state index in [-0.39, 0.29) is 23.9 Å². The summed E-state index contributed by atoms with van der Waals surface area (Å²) < 4.78 is 1.46. The molecule has 0 saturated carbocycles. The second-order valence-corrected chi connectivity index (χ2v) is 9.53. The summed E-state index contributed by atoms with van der Waals surface area (Å²) in [6, 6.07) is 9.45. The van der Waals surface area contributed by atoms with Crippen LogP contribution in [0, 0.1) is 0 Å². The van der Waals surface area contributed by atoms with E-state index in [1.165, 1.54) is 10.1 Å². The largest absolute Gasteiger partial charge is 0.465 e. The molecule has 11 nitrogen and oxygen atoms in total. The molecule has 2 fully saturated rings. The molecule has 4 N–H and O–H groups in total. The monoisotopic (exact) mass is 497 g/mol. The number of hydrogen-bond acceptors (Lipinski definition) is 6. The SMILES string of the molecule is C[C@@H]1CN(C(=O)Nc2ccn(-c3ccc(CCN4CCCC(NC(=O)O)CC4)cc3)c(=O)n2)CCN1. The number of carboxylic acid groups (broad SMARTS) is 1. The standard InChI is InChI=1S/C25H35N7O4/c1-18-17-31(16-11-26-18)23(33)28-22-10-15-32(24(34)29-22)21-6-4-19(5-7-21)8-13-30-12-2-3-20(9-14-30)27-25(35)36/h4-7,10,15,18,20,26-27H,2-3,8-9,11-14,16-17H2,1H3,(H,35,36)(H,28,29,33,34)/t18-,20?/m1/s1. The third kappa shape index (κ3) is 7.05. The molecule has 194 valence electrons. The van der Waals surface area contributed by atoms with Gasteiger partial charge in [-0.1, -0.05) is 12.1 Å². The second kappa shape index (κ2) is 12.0. The third-order valence-corrected chi connectivity index (χ3v) is 6.77. The maximum Gasteiger partial charge on any atom is 0.404 e. The molecule has 0 aliphatic carbocycles. The molecule has 2 aliphatic heterocycles. The normalized spacial score (nSPS) is 21.0. The molecule has 1 unspecified atom stereocenters. The molecule has 36 heavy (non-hydrogen) atoms. The first-order valence-corrected chi connectivity index (χ1v) is 12.6. The number of rotatable bonds is 6. The Morgan fingerprint density at radius 1 is 1.14 bits per heavy atom. The van der Waals surface area contributed by atoms with Gasteiger partial charge in [0, 0.05) is 51.0 Å². The van der Waals surface area contributed by atoms with Crippen LogP contribution >= 0.6 is 0 Å². The Bertz CT molecular complexity index is 1100. The second-order valence-electron chi connectivity index (χ2n) is 9.53. The Morgan fingerprint density at radius 3 is 2.67 bits per heavy atom. The lowest BCUT2D eigenvalue weighted by atomic mass is 10.1. The van der Waals surface area contributed by atoms with Gasteiger partial charge in [0.15, 0.2) is 0 Å². The predicted octanol–water partition coefficient (Wildman–Crippen LogP) is 1.72. The molecule has 1 aromatic heterocycles. The maximum absolute atomic E-state index is 12.6. The van der Waals surface area contributed by atoms with E-state index in [0.29, 0.717) is 18.8 Å². The molecule has 0 radical (unpaired) electrons. The van der Waals surface area contributed by atoms with Gasteiger partial charge in [0.1, 0.15) is 5.82 Å². The van der Waals surface area contributed by atoms with Crippen LogP contribution < -0.4 is 21.6 Å². The quantitative estimate of drug-likeness (QED) is 0.478. The van der Waals surface area contributed by atoms with E-state index in [2.05, 4.69) is 25.8 Å². The minimum absolute atomic E-state index is 0.0316. The van der Waals surface area contributed by atoms with Crippen LogP contribution in [0.5, 0.6) is 0 Å². The van der Waals surface area contributed by atoms with Gasteiger partial charge >= 0.3 is 17.8 Å². The molecule has 3 amide bonds. The summed E-state index contributed by atoms with van der Waals surface area (Å²) in [4.78, 5) is 44.1. The molecular formula is C25H35N7O4. The molecule has 4 rings (SSSR count). The minimum atomic E-state index is -0.952. The Labute approximate surface area is 210 Å². The summed E-state index contributed by atoms with van der Waals surface area (Å²) in [6.45, 7) is 6.72. The lowest BCUT2D eigenvalue weighted by molar-refractivity contribution is 0.188. The van der Waals surface area contributed by atoms with Gasteiger partial charge in [0.2, 0.25) is 0 Å². The van der Waals surface area contributed by atoms with Crippen molar-refractivity contribution in [2.75, 3.05) is 44.6 Å². The van der Waals surface area contributed by atoms with E-state index in [4.69, 9.17) is 5.11 Å². The molecular weight excluding hydrogens is 462 g/mol. The first-order chi connectivity index (χ1) is 17.4. The van der Waals surface area contributed by atoms with Crippen molar-refractivity contribution in [2.45, 2.75) is 44.7 Å². The summed E-state index contributed by atoms with van der Waals surface area (Å²) in [6.07, 6.45) is 4.22. The van der Waals surface area contributed by atoms with Crippen LogP contribution in [0.4, 0.5) is 15.4 Å². The molecule has 1 aromatic carbocycles. The highest BCUT2D eigenvalue weighted by Gasteiger charge is 2.21. The van der Waals surface area contributed by atoms with E-state index in [9.17, 15) is 14.4 Å². The zero-order valence-electron chi connectivity index (χ0n) is 20.7. The number of urea groups is 1. The van der Waals surface area contributed by atoms with Crippen LogP contribution in [-0.4, -0.2) is 87.9 Å². The Hall–Kier alpha value is -3.44. The molecule has 2 aliphatic rings. The zero-order valence-corrected chi connectivity index (χ0v) is 20.7. The molecule has 3 heterocycles. The highest BCUT2D eigenvalue weighted by Crippen LogP contribution is 2.14. The smallest absolute Gasteiger partial charge is 0.404 e. The Morgan fingerprint density at radius 2 is 1.94 bits per heavy atom. The average molecular weight is 498 g/mol. The lowest BCUT2D eigenvalue weighted by Crippen LogP contribution is -2.52. The number of likely N-dealkylation sites (tertiary alicyclic amines) is 1. The van der Waals surface area contributed by atoms with Crippen LogP contribution in [0.2, 0.25) is 0 Å². The Kier molecular flexibility index (Phi) is 8.55. The predicted molar refractivity (Wildman–Crippen MR) is 137 cm³/mol. The highest BCUT2D eigenvalue weighted by atomic mass is 16.4. The first kappa shape index (κ1) is 25.6. The maximum atomic E-state index is 12.6. The van der Waals surface area contributed by atoms with E-state index >= 15 is 0 Å². The van der Waals surface area contributed by atoms with Crippen molar-refractivity contribution in [2.24, 2.45) is 0 Å². The molecule has 0 spiro atoms. The van der Waals surface area contributed by atoms with Gasteiger partial charge in [0.25, 0.3) is 0 Å². The van der Waals surface area contributed by atoms with Gasteiger partial charge in [-0.2, -0.15) is 4.98 Å². The van der Waals surface area contributed by atoms with Gasteiger partial charge in [-0.3, -0.25) is 9.88 Å². The number of hydrogen-bond donors (Lipinski definition) is 4. The first-order valence-electron chi connectivity index (χ1n) is 12.6. The molecule has 2 saturated heterocycles. The van der Waals surface area contributed by atoms with Crippen LogP contribution in [0.3, 0.4) is 0 Å². The van der Waals surface area contributed by atoms with Crippen LogP contribution in [0.1, 0.15) is 31.7 Å². The zero-order chi connectivity index (χ0) is 25.5. The summed E-state index contributed by atoms with van der Waals surface area (Å²) in [7, 11) is 0. The lowest BCUT2D eigenvalue weighted by Gasteiger charge is -2.31. The van der Waals surface area contributed by atoms with E-state index in [1.807, 2.05) is 31.2 Å². The number of amides is 3. The van der Waals surface area contributed by atoms with Gasteiger partial charge < -0.3 is 25.5 Å². The summed E-state index contributed by atoms with van der Waals surface area (Å²) in [5, 5.41) is 17.5. The van der Waals surface area contributed by atoms with Crippen molar-refractivity contribution >= 4 is 17.9 Å². The fraction of sp³-hybridized carbons (Fsp3) is 0.520. The number of nitrogens with one attached hydrogen (secondary N) is 3. The molecule has 2 aromatic rings.